The van der Waals surface area contributed by atoms with E-state index in [1.807, 2.05) is 0 Å². The maximum Gasteiger partial charge on any atom is 0.359 e. The molecule has 0 radical (unpaired) electrons. The van der Waals surface area contributed by atoms with Gasteiger partial charge in [-0.05, 0) is 13.0 Å². The molecule has 0 aliphatic rings. The molecule has 0 saturated carbocycles. The summed E-state index contributed by atoms with van der Waals surface area (Å²) in [5, 5.41) is 12.4. The van der Waals surface area contributed by atoms with Crippen LogP contribution >= 0.6 is 0 Å². The average Bonchev–Trinajstić information content (AvgIpc) is 2.57. The van der Waals surface area contributed by atoms with E-state index in [0.717, 1.165) is 6.08 Å². The Morgan fingerprint density at radius 3 is 2.88 bits per heavy atom. The molecule has 0 aromatic carbocycles. The Morgan fingerprint density at radius 1 is 1.62 bits per heavy atom. The predicted molar refractivity (Wildman–Crippen MR) is 55.8 cm³/mol. The largest absolute Gasteiger partial charge is 0.478 e. The molecule has 0 aliphatic heterocycles. The number of ether oxygens (including phenoxy) is 1. The van der Waals surface area contributed by atoms with Crippen LogP contribution in [0.4, 0.5) is 0 Å². The SMILES string of the molecule is CCOC(=O)c1nn(C)cc1/C=C/C(=O)O. The molecule has 6 nitrogen and oxygen atoms in total. The van der Waals surface area contributed by atoms with Gasteiger partial charge in [-0.1, -0.05) is 0 Å². The van der Waals surface area contributed by atoms with E-state index in [0.29, 0.717) is 5.56 Å². The number of aromatic nitrogens is 2. The molecular weight excluding hydrogens is 212 g/mol. The van der Waals surface area contributed by atoms with Gasteiger partial charge in [0, 0.05) is 24.9 Å². The van der Waals surface area contributed by atoms with Crippen LogP contribution in [0.15, 0.2) is 12.3 Å². The van der Waals surface area contributed by atoms with Crippen LogP contribution in [0, 0.1) is 0 Å². The second-order valence-electron chi connectivity index (χ2n) is 3.00. The lowest BCUT2D eigenvalue weighted by Crippen LogP contribution is -2.07. The second-order valence-corrected chi connectivity index (χ2v) is 3.00. The maximum atomic E-state index is 11.4. The topological polar surface area (TPSA) is 81.4 Å². The van der Waals surface area contributed by atoms with Gasteiger partial charge < -0.3 is 9.84 Å². The summed E-state index contributed by atoms with van der Waals surface area (Å²) in [6.07, 6.45) is 3.80. The van der Waals surface area contributed by atoms with Gasteiger partial charge in [-0.25, -0.2) is 9.59 Å². The van der Waals surface area contributed by atoms with Crippen molar-refractivity contribution in [2.75, 3.05) is 6.61 Å². The van der Waals surface area contributed by atoms with Crippen LogP contribution in [-0.4, -0.2) is 33.4 Å². The van der Waals surface area contributed by atoms with Crippen LogP contribution in [0.1, 0.15) is 23.0 Å². The van der Waals surface area contributed by atoms with E-state index in [-0.39, 0.29) is 12.3 Å². The molecule has 1 aromatic heterocycles. The van der Waals surface area contributed by atoms with Crippen molar-refractivity contribution in [1.29, 1.82) is 0 Å². The fourth-order valence-electron chi connectivity index (χ4n) is 1.15. The van der Waals surface area contributed by atoms with Crippen LogP contribution in [-0.2, 0) is 16.6 Å². The van der Waals surface area contributed by atoms with Crippen molar-refractivity contribution in [3.8, 4) is 0 Å². The minimum atomic E-state index is -1.08. The number of hydrogen-bond donors (Lipinski definition) is 1. The minimum Gasteiger partial charge on any atom is -0.478 e. The summed E-state index contributed by atoms with van der Waals surface area (Å²) in [5.74, 6) is -1.65. The summed E-state index contributed by atoms with van der Waals surface area (Å²) in [7, 11) is 1.64. The molecule has 0 saturated heterocycles. The van der Waals surface area contributed by atoms with E-state index in [2.05, 4.69) is 5.10 Å². The van der Waals surface area contributed by atoms with Crippen molar-refractivity contribution in [2.45, 2.75) is 6.92 Å². The van der Waals surface area contributed by atoms with Crippen LogP contribution in [0.25, 0.3) is 6.08 Å². The number of aliphatic carboxylic acids is 1. The third kappa shape index (κ3) is 2.94. The van der Waals surface area contributed by atoms with E-state index in [1.54, 1.807) is 20.2 Å². The number of carbonyl (C=O) groups excluding carboxylic acids is 1. The highest BCUT2D eigenvalue weighted by molar-refractivity contribution is 5.93. The van der Waals surface area contributed by atoms with Crippen molar-refractivity contribution in [3.63, 3.8) is 0 Å². The summed E-state index contributed by atoms with van der Waals surface area (Å²) in [6.45, 7) is 1.94. The number of esters is 1. The van der Waals surface area contributed by atoms with E-state index < -0.39 is 11.9 Å². The van der Waals surface area contributed by atoms with Crippen LogP contribution in [0.5, 0.6) is 0 Å². The highest BCUT2D eigenvalue weighted by Crippen LogP contribution is 2.10. The molecule has 0 fully saturated rings. The van der Waals surface area contributed by atoms with Crippen LogP contribution in [0.2, 0.25) is 0 Å². The predicted octanol–water partition coefficient (Wildman–Crippen LogP) is 0.695. The summed E-state index contributed by atoms with van der Waals surface area (Å²) in [4.78, 5) is 21.8. The van der Waals surface area contributed by atoms with Gasteiger partial charge in [-0.2, -0.15) is 5.10 Å². The molecule has 0 spiro atoms. The second kappa shape index (κ2) is 5.11. The fraction of sp³-hybridized carbons (Fsp3) is 0.300. The number of hydrogen-bond acceptors (Lipinski definition) is 4. The fourth-order valence-corrected chi connectivity index (χ4v) is 1.15. The Kier molecular flexibility index (Phi) is 3.82. The highest BCUT2D eigenvalue weighted by atomic mass is 16.5. The summed E-state index contributed by atoms with van der Waals surface area (Å²) in [5.41, 5.74) is 0.533. The first-order valence-corrected chi connectivity index (χ1v) is 4.66. The monoisotopic (exact) mass is 224 g/mol. The summed E-state index contributed by atoms with van der Waals surface area (Å²) >= 11 is 0. The number of carboxylic acids is 1. The zero-order valence-electron chi connectivity index (χ0n) is 9.01. The number of aryl methyl sites for hydroxylation is 1. The van der Waals surface area contributed by atoms with Gasteiger partial charge in [0.05, 0.1) is 6.61 Å². The molecule has 16 heavy (non-hydrogen) atoms. The Labute approximate surface area is 92.1 Å². The number of rotatable bonds is 4. The van der Waals surface area contributed by atoms with Gasteiger partial charge in [-0.15, -0.1) is 0 Å². The summed E-state index contributed by atoms with van der Waals surface area (Å²) < 4.78 is 6.22. The maximum absolute atomic E-state index is 11.4. The van der Waals surface area contributed by atoms with Gasteiger partial charge >= 0.3 is 11.9 Å². The first-order chi connectivity index (χ1) is 7.54. The molecule has 0 atom stereocenters. The molecule has 1 heterocycles. The third-order valence-corrected chi connectivity index (χ3v) is 1.73. The van der Waals surface area contributed by atoms with E-state index in [4.69, 9.17) is 9.84 Å². The molecule has 6 heteroatoms. The van der Waals surface area contributed by atoms with E-state index in [9.17, 15) is 9.59 Å². The van der Waals surface area contributed by atoms with Crippen molar-refractivity contribution >= 4 is 18.0 Å². The quantitative estimate of drug-likeness (QED) is 0.601. The van der Waals surface area contributed by atoms with Gasteiger partial charge in [0.2, 0.25) is 0 Å². The van der Waals surface area contributed by atoms with E-state index in [1.165, 1.54) is 10.8 Å². The van der Waals surface area contributed by atoms with Crippen LogP contribution < -0.4 is 0 Å². The van der Waals surface area contributed by atoms with Crippen molar-refractivity contribution in [2.24, 2.45) is 7.05 Å². The lowest BCUT2D eigenvalue weighted by Gasteiger charge is -1.98. The highest BCUT2D eigenvalue weighted by Gasteiger charge is 2.15. The normalized spacial score (nSPS) is 10.6. The molecular formula is C10H12N2O4. The lowest BCUT2D eigenvalue weighted by molar-refractivity contribution is -0.131. The summed E-state index contributed by atoms with van der Waals surface area (Å²) in [6, 6.07) is 0. The molecule has 0 unspecified atom stereocenters. The Morgan fingerprint density at radius 2 is 2.31 bits per heavy atom. The first-order valence-electron chi connectivity index (χ1n) is 4.66. The van der Waals surface area contributed by atoms with E-state index >= 15 is 0 Å². The third-order valence-electron chi connectivity index (χ3n) is 1.73. The zero-order chi connectivity index (χ0) is 12.1. The lowest BCUT2D eigenvalue weighted by atomic mass is 10.2. The van der Waals surface area contributed by atoms with Crippen LogP contribution in [0.3, 0.4) is 0 Å². The van der Waals surface area contributed by atoms with Gasteiger partial charge in [0.25, 0.3) is 0 Å². The van der Waals surface area contributed by atoms with Gasteiger partial charge in [0.1, 0.15) is 0 Å². The Hall–Kier alpha value is -2.11. The molecule has 86 valence electrons. The molecule has 0 aliphatic carbocycles. The average molecular weight is 224 g/mol. The van der Waals surface area contributed by atoms with Gasteiger partial charge in [0.15, 0.2) is 5.69 Å². The number of carbonyl (C=O) groups is 2. The number of carboxylic acid groups (broad SMARTS) is 1. The Balaban J connectivity index is 3.00. The smallest absolute Gasteiger partial charge is 0.359 e. The Bertz CT molecular complexity index is 434. The molecule has 0 bridgehead atoms. The molecule has 0 amide bonds. The first kappa shape index (κ1) is 12.0. The molecule has 1 aromatic rings. The van der Waals surface area contributed by atoms with Crippen molar-refractivity contribution < 1.29 is 19.4 Å². The van der Waals surface area contributed by atoms with Crippen molar-refractivity contribution in [1.82, 2.24) is 9.78 Å². The number of nitrogens with zero attached hydrogens (tertiary/aromatic N) is 2. The zero-order valence-corrected chi connectivity index (χ0v) is 9.01. The van der Waals surface area contributed by atoms with Crippen molar-refractivity contribution in [3.05, 3.63) is 23.5 Å². The van der Waals surface area contributed by atoms with Gasteiger partial charge in [-0.3, -0.25) is 4.68 Å². The molecule has 1 N–H and O–H groups in total. The minimum absolute atomic E-state index is 0.113. The molecule has 1 rings (SSSR count). The standard InChI is InChI=1S/C10H12N2O4/c1-3-16-10(15)9-7(4-5-8(13)14)6-12(2)11-9/h4-6H,3H2,1-2H3,(H,13,14)/b5-4+.